The van der Waals surface area contributed by atoms with Crippen LogP contribution in [0.3, 0.4) is 0 Å². The SMILES string of the molecule is CCOC(=O)c1nnn(Cc2ccc(Cl)c(F)c2)c1CN. The molecule has 1 aromatic carbocycles. The number of esters is 1. The predicted octanol–water partition coefficient (Wildman–Crippen LogP) is 1.75. The summed E-state index contributed by atoms with van der Waals surface area (Å²) in [6.07, 6.45) is 0. The highest BCUT2D eigenvalue weighted by Gasteiger charge is 2.19. The zero-order valence-corrected chi connectivity index (χ0v) is 12.1. The van der Waals surface area contributed by atoms with Crippen LogP contribution in [0.25, 0.3) is 0 Å². The quantitative estimate of drug-likeness (QED) is 0.850. The molecule has 2 rings (SSSR count). The molecule has 0 bridgehead atoms. The highest BCUT2D eigenvalue weighted by Crippen LogP contribution is 2.17. The van der Waals surface area contributed by atoms with Crippen LogP contribution in [0.4, 0.5) is 4.39 Å². The molecule has 0 unspecified atom stereocenters. The summed E-state index contributed by atoms with van der Waals surface area (Å²) in [7, 11) is 0. The number of hydrogen-bond acceptors (Lipinski definition) is 5. The third-order valence-corrected chi connectivity index (χ3v) is 3.12. The van der Waals surface area contributed by atoms with Gasteiger partial charge >= 0.3 is 5.97 Å². The lowest BCUT2D eigenvalue weighted by Gasteiger charge is -2.06. The van der Waals surface area contributed by atoms with E-state index in [0.29, 0.717) is 11.3 Å². The van der Waals surface area contributed by atoms with Gasteiger partial charge in [0.2, 0.25) is 0 Å². The number of carbonyl (C=O) groups excluding carboxylic acids is 1. The third kappa shape index (κ3) is 3.37. The fraction of sp³-hybridized carbons (Fsp3) is 0.308. The Morgan fingerprint density at radius 3 is 2.90 bits per heavy atom. The molecule has 112 valence electrons. The van der Waals surface area contributed by atoms with Crippen LogP contribution in [0.15, 0.2) is 18.2 Å². The number of benzene rings is 1. The molecule has 0 saturated heterocycles. The number of aromatic nitrogens is 3. The molecular formula is C13H14ClFN4O2. The summed E-state index contributed by atoms with van der Waals surface area (Å²) < 4.78 is 19.7. The first-order valence-electron chi connectivity index (χ1n) is 6.30. The number of hydrogen-bond donors (Lipinski definition) is 1. The first-order chi connectivity index (χ1) is 10.1. The van der Waals surface area contributed by atoms with Crippen molar-refractivity contribution in [2.24, 2.45) is 5.73 Å². The first-order valence-corrected chi connectivity index (χ1v) is 6.68. The zero-order chi connectivity index (χ0) is 15.4. The van der Waals surface area contributed by atoms with E-state index in [4.69, 9.17) is 22.1 Å². The molecule has 2 N–H and O–H groups in total. The Bertz CT molecular complexity index is 660. The summed E-state index contributed by atoms with van der Waals surface area (Å²) in [5, 5.41) is 7.69. The molecule has 0 aliphatic carbocycles. The monoisotopic (exact) mass is 312 g/mol. The molecule has 0 aliphatic heterocycles. The van der Waals surface area contributed by atoms with E-state index in [1.54, 1.807) is 13.0 Å². The van der Waals surface area contributed by atoms with E-state index in [1.807, 2.05) is 0 Å². The average Bonchev–Trinajstić information content (AvgIpc) is 2.86. The Kier molecular flexibility index (Phi) is 4.87. The third-order valence-electron chi connectivity index (χ3n) is 2.82. The molecule has 21 heavy (non-hydrogen) atoms. The average molecular weight is 313 g/mol. The maximum Gasteiger partial charge on any atom is 0.360 e. The maximum absolute atomic E-state index is 13.4. The zero-order valence-electron chi connectivity index (χ0n) is 11.3. The lowest BCUT2D eigenvalue weighted by Crippen LogP contribution is -2.14. The number of ether oxygens (including phenoxy) is 1. The fourth-order valence-corrected chi connectivity index (χ4v) is 1.95. The van der Waals surface area contributed by atoms with Gasteiger partial charge in [-0.2, -0.15) is 0 Å². The van der Waals surface area contributed by atoms with E-state index in [2.05, 4.69) is 10.3 Å². The van der Waals surface area contributed by atoms with Gasteiger partial charge in [0.1, 0.15) is 5.82 Å². The van der Waals surface area contributed by atoms with Crippen molar-refractivity contribution in [2.75, 3.05) is 6.61 Å². The maximum atomic E-state index is 13.4. The van der Waals surface area contributed by atoms with Gasteiger partial charge in [0.25, 0.3) is 0 Å². The molecular weight excluding hydrogens is 299 g/mol. The lowest BCUT2D eigenvalue weighted by atomic mass is 10.2. The summed E-state index contributed by atoms with van der Waals surface area (Å²) in [5.41, 5.74) is 6.78. The molecule has 0 amide bonds. The molecule has 0 radical (unpaired) electrons. The molecule has 8 heteroatoms. The van der Waals surface area contributed by atoms with E-state index >= 15 is 0 Å². The van der Waals surface area contributed by atoms with Crippen molar-refractivity contribution in [3.05, 3.63) is 46.0 Å². The highest BCUT2D eigenvalue weighted by atomic mass is 35.5. The van der Waals surface area contributed by atoms with Gasteiger partial charge in [-0.25, -0.2) is 13.9 Å². The molecule has 0 atom stereocenters. The highest BCUT2D eigenvalue weighted by molar-refractivity contribution is 6.30. The Labute approximate surface area is 125 Å². The van der Waals surface area contributed by atoms with Crippen LogP contribution in [-0.4, -0.2) is 27.6 Å². The molecule has 0 saturated carbocycles. The van der Waals surface area contributed by atoms with Crippen molar-refractivity contribution in [3.63, 3.8) is 0 Å². The summed E-state index contributed by atoms with van der Waals surface area (Å²) >= 11 is 5.63. The summed E-state index contributed by atoms with van der Waals surface area (Å²) in [6.45, 7) is 2.23. The topological polar surface area (TPSA) is 83.0 Å². The number of nitrogens with zero attached hydrogens (tertiary/aromatic N) is 3. The number of rotatable bonds is 5. The van der Waals surface area contributed by atoms with Crippen molar-refractivity contribution in [2.45, 2.75) is 20.0 Å². The molecule has 0 fully saturated rings. The van der Waals surface area contributed by atoms with Crippen LogP contribution >= 0.6 is 11.6 Å². The van der Waals surface area contributed by atoms with E-state index in [1.165, 1.54) is 16.8 Å². The van der Waals surface area contributed by atoms with E-state index in [-0.39, 0.29) is 30.4 Å². The predicted molar refractivity (Wildman–Crippen MR) is 74.4 cm³/mol. The van der Waals surface area contributed by atoms with Gasteiger partial charge in [0.05, 0.1) is 23.9 Å². The van der Waals surface area contributed by atoms with Crippen LogP contribution < -0.4 is 5.73 Å². The van der Waals surface area contributed by atoms with Crippen molar-refractivity contribution in [1.29, 1.82) is 0 Å². The van der Waals surface area contributed by atoms with Crippen molar-refractivity contribution in [1.82, 2.24) is 15.0 Å². The Morgan fingerprint density at radius 2 is 2.29 bits per heavy atom. The van der Waals surface area contributed by atoms with Crippen molar-refractivity contribution in [3.8, 4) is 0 Å². The summed E-state index contributed by atoms with van der Waals surface area (Å²) in [4.78, 5) is 11.7. The number of nitrogens with two attached hydrogens (primary N) is 1. The van der Waals surface area contributed by atoms with Crippen molar-refractivity contribution >= 4 is 17.6 Å². The van der Waals surface area contributed by atoms with Gasteiger partial charge in [-0.1, -0.05) is 22.9 Å². The molecule has 0 aliphatic rings. The molecule has 2 aromatic rings. The lowest BCUT2D eigenvalue weighted by molar-refractivity contribution is 0.0518. The number of halogens is 2. The fourth-order valence-electron chi connectivity index (χ4n) is 1.83. The van der Waals surface area contributed by atoms with Crippen LogP contribution in [0.1, 0.15) is 28.7 Å². The molecule has 0 spiro atoms. The first kappa shape index (κ1) is 15.4. The minimum absolute atomic E-state index is 0.0450. The normalized spacial score (nSPS) is 10.7. The summed E-state index contributed by atoms with van der Waals surface area (Å²) in [6, 6.07) is 4.42. The summed E-state index contributed by atoms with van der Waals surface area (Å²) in [5.74, 6) is -1.10. The van der Waals surface area contributed by atoms with Gasteiger partial charge in [0, 0.05) is 6.54 Å². The second-order valence-corrected chi connectivity index (χ2v) is 4.62. The Hall–Kier alpha value is -1.99. The minimum atomic E-state index is -0.577. The van der Waals surface area contributed by atoms with Gasteiger partial charge < -0.3 is 10.5 Å². The van der Waals surface area contributed by atoms with Gasteiger partial charge in [-0.05, 0) is 24.6 Å². The van der Waals surface area contributed by atoms with E-state index in [9.17, 15) is 9.18 Å². The van der Waals surface area contributed by atoms with Crippen LogP contribution in [0.5, 0.6) is 0 Å². The second kappa shape index (κ2) is 6.64. The van der Waals surface area contributed by atoms with E-state index in [0.717, 1.165) is 0 Å². The number of carbonyl (C=O) groups is 1. The van der Waals surface area contributed by atoms with Gasteiger partial charge in [-0.15, -0.1) is 5.10 Å². The Balaban J connectivity index is 2.28. The second-order valence-electron chi connectivity index (χ2n) is 4.22. The standard InChI is InChI=1S/C13H14ClFN4O2/c1-2-21-13(20)12-11(6-16)19(18-17-12)7-8-3-4-9(14)10(15)5-8/h3-5H,2,6-7,16H2,1H3. The molecule has 6 nitrogen and oxygen atoms in total. The minimum Gasteiger partial charge on any atom is -0.461 e. The van der Waals surface area contributed by atoms with Crippen LogP contribution in [0.2, 0.25) is 5.02 Å². The molecule has 1 heterocycles. The Morgan fingerprint density at radius 1 is 1.52 bits per heavy atom. The van der Waals surface area contributed by atoms with Crippen molar-refractivity contribution < 1.29 is 13.9 Å². The van der Waals surface area contributed by atoms with E-state index < -0.39 is 11.8 Å². The van der Waals surface area contributed by atoms with Crippen LogP contribution in [-0.2, 0) is 17.8 Å². The largest absolute Gasteiger partial charge is 0.461 e. The van der Waals surface area contributed by atoms with Gasteiger partial charge in [-0.3, -0.25) is 0 Å². The van der Waals surface area contributed by atoms with Gasteiger partial charge in [0.15, 0.2) is 5.69 Å². The van der Waals surface area contributed by atoms with Crippen LogP contribution in [0, 0.1) is 5.82 Å². The smallest absolute Gasteiger partial charge is 0.360 e. The molecule has 1 aromatic heterocycles.